The molecule has 0 unspecified atom stereocenters. The molecule has 0 bridgehead atoms. The summed E-state index contributed by atoms with van der Waals surface area (Å²) < 4.78 is 18.5. The van der Waals surface area contributed by atoms with Crippen molar-refractivity contribution in [2.45, 2.75) is 6.54 Å². The fraction of sp³-hybridized carbons (Fsp3) is 0.500. The molecular formula is C12H19FN2O. The first kappa shape index (κ1) is 12.9. The van der Waals surface area contributed by atoms with Crippen molar-refractivity contribution in [1.29, 1.82) is 0 Å². The minimum atomic E-state index is -0.184. The normalized spacial score (nSPS) is 10.5. The molecule has 1 N–H and O–H groups in total. The summed E-state index contributed by atoms with van der Waals surface area (Å²) in [7, 11) is 5.35. The maximum Gasteiger partial charge on any atom is 0.146 e. The number of hydrogen-bond donors (Lipinski definition) is 1. The van der Waals surface area contributed by atoms with E-state index in [1.165, 1.54) is 6.07 Å². The first-order valence-corrected chi connectivity index (χ1v) is 5.31. The van der Waals surface area contributed by atoms with Gasteiger partial charge in [-0.15, -0.1) is 0 Å². The van der Waals surface area contributed by atoms with E-state index >= 15 is 0 Å². The van der Waals surface area contributed by atoms with Gasteiger partial charge in [-0.1, -0.05) is 12.1 Å². The first-order chi connectivity index (χ1) is 7.66. The van der Waals surface area contributed by atoms with Gasteiger partial charge in [-0.2, -0.15) is 0 Å². The number of nitrogens with one attached hydrogen (secondary N) is 1. The Balaban J connectivity index is 2.67. The average Bonchev–Trinajstić information content (AvgIpc) is 2.24. The molecule has 90 valence electrons. The van der Waals surface area contributed by atoms with Crippen LogP contribution in [-0.4, -0.2) is 34.4 Å². The monoisotopic (exact) mass is 226 g/mol. The molecule has 0 aliphatic carbocycles. The van der Waals surface area contributed by atoms with Gasteiger partial charge >= 0.3 is 0 Å². The van der Waals surface area contributed by atoms with Gasteiger partial charge < -0.3 is 15.0 Å². The van der Waals surface area contributed by atoms with E-state index in [9.17, 15) is 4.39 Å². The molecule has 0 aliphatic rings. The van der Waals surface area contributed by atoms with Crippen LogP contribution in [-0.2, 0) is 11.3 Å². The Kier molecular flexibility index (Phi) is 5.22. The lowest BCUT2D eigenvalue weighted by atomic mass is 10.1. The van der Waals surface area contributed by atoms with Crippen molar-refractivity contribution in [3.05, 3.63) is 29.6 Å². The predicted molar refractivity (Wildman–Crippen MR) is 64.3 cm³/mol. The number of ether oxygens (including phenoxy) is 1. The third-order valence-corrected chi connectivity index (χ3v) is 2.32. The zero-order valence-corrected chi connectivity index (χ0v) is 10.1. The highest BCUT2D eigenvalue weighted by atomic mass is 19.1. The van der Waals surface area contributed by atoms with E-state index in [0.29, 0.717) is 18.8 Å². The Bertz CT molecular complexity index is 329. The molecule has 0 atom stereocenters. The molecule has 0 aromatic heterocycles. The van der Waals surface area contributed by atoms with E-state index in [1.54, 1.807) is 18.1 Å². The molecule has 1 aromatic carbocycles. The molecule has 0 radical (unpaired) electrons. The summed E-state index contributed by atoms with van der Waals surface area (Å²) in [5, 5.41) is 3.21. The summed E-state index contributed by atoms with van der Waals surface area (Å²) in [6.45, 7) is 2.07. The Morgan fingerprint density at radius 3 is 2.75 bits per heavy atom. The third kappa shape index (κ3) is 3.47. The van der Waals surface area contributed by atoms with Gasteiger partial charge in [0.15, 0.2) is 0 Å². The van der Waals surface area contributed by atoms with Gasteiger partial charge in [-0.05, 0) is 11.6 Å². The summed E-state index contributed by atoms with van der Waals surface area (Å²) in [4.78, 5) is 1.79. The van der Waals surface area contributed by atoms with Gasteiger partial charge in [0.05, 0.1) is 12.3 Å². The Hall–Kier alpha value is -1.13. The molecule has 4 heteroatoms. The zero-order valence-electron chi connectivity index (χ0n) is 10.1. The van der Waals surface area contributed by atoms with Crippen LogP contribution in [0.25, 0.3) is 0 Å². The van der Waals surface area contributed by atoms with Crippen LogP contribution in [0.2, 0.25) is 0 Å². The van der Waals surface area contributed by atoms with Gasteiger partial charge in [0.25, 0.3) is 0 Å². The van der Waals surface area contributed by atoms with Crippen LogP contribution in [0.15, 0.2) is 18.2 Å². The van der Waals surface area contributed by atoms with Crippen LogP contribution in [0.1, 0.15) is 5.56 Å². The van der Waals surface area contributed by atoms with Crippen LogP contribution in [0.3, 0.4) is 0 Å². The van der Waals surface area contributed by atoms with Gasteiger partial charge in [0, 0.05) is 34.3 Å². The van der Waals surface area contributed by atoms with E-state index in [2.05, 4.69) is 5.32 Å². The first-order valence-electron chi connectivity index (χ1n) is 5.31. The standard InChI is InChI=1S/C12H19FN2O/c1-15(2)12-10(5-4-6-11(12)13)9-14-7-8-16-3/h4-6,14H,7-9H2,1-3H3. The quantitative estimate of drug-likeness (QED) is 0.746. The minimum Gasteiger partial charge on any atom is -0.383 e. The summed E-state index contributed by atoms with van der Waals surface area (Å²) in [5.74, 6) is -0.184. The van der Waals surface area contributed by atoms with E-state index < -0.39 is 0 Å². The predicted octanol–water partition coefficient (Wildman–Crippen LogP) is 1.63. The minimum absolute atomic E-state index is 0.184. The van der Waals surface area contributed by atoms with Crippen molar-refractivity contribution in [2.75, 3.05) is 39.3 Å². The molecule has 0 spiro atoms. The maximum atomic E-state index is 13.6. The molecule has 0 fully saturated rings. The molecule has 0 heterocycles. The SMILES string of the molecule is COCCNCc1cccc(F)c1N(C)C. The highest BCUT2D eigenvalue weighted by Crippen LogP contribution is 2.22. The van der Waals surface area contributed by atoms with Crippen molar-refractivity contribution in [3.8, 4) is 0 Å². The molecule has 0 aliphatic heterocycles. The average molecular weight is 226 g/mol. The number of para-hydroxylation sites is 1. The van der Waals surface area contributed by atoms with Gasteiger partial charge in [0.1, 0.15) is 5.82 Å². The number of rotatable bonds is 6. The molecule has 1 aromatic rings. The second-order valence-electron chi connectivity index (χ2n) is 3.81. The van der Waals surface area contributed by atoms with E-state index in [4.69, 9.17) is 4.74 Å². The number of anilines is 1. The second kappa shape index (κ2) is 6.45. The van der Waals surface area contributed by atoms with Crippen LogP contribution < -0.4 is 10.2 Å². The van der Waals surface area contributed by atoms with Crippen LogP contribution in [0.5, 0.6) is 0 Å². The molecule has 0 saturated carbocycles. The number of nitrogens with zero attached hydrogens (tertiary/aromatic N) is 1. The van der Waals surface area contributed by atoms with Crippen molar-refractivity contribution >= 4 is 5.69 Å². The zero-order chi connectivity index (χ0) is 12.0. The fourth-order valence-electron chi connectivity index (χ4n) is 1.60. The lowest BCUT2D eigenvalue weighted by Gasteiger charge is -2.18. The van der Waals surface area contributed by atoms with Crippen molar-refractivity contribution in [1.82, 2.24) is 5.32 Å². The summed E-state index contributed by atoms with van der Waals surface area (Å²) in [5.41, 5.74) is 1.61. The molecule has 0 amide bonds. The highest BCUT2D eigenvalue weighted by Gasteiger charge is 2.09. The van der Waals surface area contributed by atoms with Crippen LogP contribution in [0.4, 0.5) is 10.1 Å². The number of benzene rings is 1. The third-order valence-electron chi connectivity index (χ3n) is 2.32. The van der Waals surface area contributed by atoms with Gasteiger partial charge in [-0.3, -0.25) is 0 Å². The molecule has 0 saturated heterocycles. The fourth-order valence-corrected chi connectivity index (χ4v) is 1.60. The van der Waals surface area contributed by atoms with Crippen LogP contribution >= 0.6 is 0 Å². The number of hydrogen-bond acceptors (Lipinski definition) is 3. The number of methoxy groups -OCH3 is 1. The van der Waals surface area contributed by atoms with E-state index in [0.717, 1.165) is 12.1 Å². The largest absolute Gasteiger partial charge is 0.383 e. The molecule has 1 rings (SSSR count). The van der Waals surface area contributed by atoms with Crippen molar-refractivity contribution < 1.29 is 9.13 Å². The highest BCUT2D eigenvalue weighted by molar-refractivity contribution is 5.53. The van der Waals surface area contributed by atoms with E-state index in [-0.39, 0.29) is 5.82 Å². The van der Waals surface area contributed by atoms with Crippen molar-refractivity contribution in [2.24, 2.45) is 0 Å². The van der Waals surface area contributed by atoms with Gasteiger partial charge in [-0.25, -0.2) is 4.39 Å². The van der Waals surface area contributed by atoms with E-state index in [1.807, 2.05) is 20.2 Å². The lowest BCUT2D eigenvalue weighted by Crippen LogP contribution is -2.21. The number of halogens is 1. The molecule has 3 nitrogen and oxygen atoms in total. The van der Waals surface area contributed by atoms with Crippen molar-refractivity contribution in [3.63, 3.8) is 0 Å². The Morgan fingerprint density at radius 1 is 1.38 bits per heavy atom. The van der Waals surface area contributed by atoms with Crippen LogP contribution in [0, 0.1) is 5.82 Å². The summed E-state index contributed by atoms with van der Waals surface area (Å²) >= 11 is 0. The topological polar surface area (TPSA) is 24.5 Å². The summed E-state index contributed by atoms with van der Waals surface area (Å²) in [6.07, 6.45) is 0. The Labute approximate surface area is 96.2 Å². The lowest BCUT2D eigenvalue weighted by molar-refractivity contribution is 0.199. The van der Waals surface area contributed by atoms with Gasteiger partial charge in [0.2, 0.25) is 0 Å². The maximum absolute atomic E-state index is 13.6. The Morgan fingerprint density at radius 2 is 2.12 bits per heavy atom. The molecular weight excluding hydrogens is 207 g/mol. The molecule has 16 heavy (non-hydrogen) atoms. The summed E-state index contributed by atoms with van der Waals surface area (Å²) in [6, 6.07) is 5.14. The smallest absolute Gasteiger partial charge is 0.146 e. The second-order valence-corrected chi connectivity index (χ2v) is 3.81.